The van der Waals surface area contributed by atoms with Gasteiger partial charge in [-0.3, -0.25) is 14.5 Å². The Hall–Kier alpha value is -3.19. The van der Waals surface area contributed by atoms with Gasteiger partial charge in [0, 0.05) is 12.0 Å². The van der Waals surface area contributed by atoms with Crippen LogP contribution in [0.25, 0.3) is 0 Å². The third-order valence-electron chi connectivity index (χ3n) is 6.61. The molecule has 1 atom stereocenters. The van der Waals surface area contributed by atoms with Crippen LogP contribution in [0.2, 0.25) is 0 Å². The van der Waals surface area contributed by atoms with E-state index in [2.05, 4.69) is 36.1 Å². The van der Waals surface area contributed by atoms with Crippen LogP contribution in [0.1, 0.15) is 48.9 Å². The summed E-state index contributed by atoms with van der Waals surface area (Å²) >= 11 is 0. The maximum atomic E-state index is 13.5. The number of carbonyl (C=O) groups excluding carboxylic acids is 2. The van der Waals surface area contributed by atoms with Crippen LogP contribution in [-0.2, 0) is 14.3 Å². The van der Waals surface area contributed by atoms with Gasteiger partial charge in [-0.05, 0) is 57.5 Å². The number of piperidine rings is 1. The number of nitrogens with zero attached hydrogens (tertiary/aromatic N) is 3. The van der Waals surface area contributed by atoms with Gasteiger partial charge in [0.05, 0.1) is 37.9 Å². The number of hydrogen-bond acceptors (Lipinski definition) is 6. The van der Waals surface area contributed by atoms with Crippen molar-refractivity contribution in [3.8, 4) is 5.75 Å². The monoisotopic (exact) mass is 463 g/mol. The van der Waals surface area contributed by atoms with Crippen LogP contribution in [0.15, 0.2) is 53.6 Å². The zero-order valence-electron chi connectivity index (χ0n) is 20.2. The molecule has 1 amide bonds. The molecule has 0 spiro atoms. The lowest BCUT2D eigenvalue weighted by atomic mass is 9.96. The molecule has 7 nitrogen and oxygen atoms in total. The van der Waals surface area contributed by atoms with Gasteiger partial charge in [0.2, 0.25) is 0 Å². The minimum Gasteiger partial charge on any atom is -0.496 e. The van der Waals surface area contributed by atoms with E-state index >= 15 is 0 Å². The summed E-state index contributed by atoms with van der Waals surface area (Å²) in [4.78, 5) is 27.6. The van der Waals surface area contributed by atoms with Crippen molar-refractivity contribution in [1.29, 1.82) is 0 Å². The molecule has 0 radical (unpaired) electrons. The van der Waals surface area contributed by atoms with Gasteiger partial charge in [-0.1, -0.05) is 42.0 Å². The molecule has 1 saturated heterocycles. The molecular formula is C27H33N3O4. The second-order valence-corrected chi connectivity index (χ2v) is 8.92. The van der Waals surface area contributed by atoms with Crippen molar-refractivity contribution in [1.82, 2.24) is 9.91 Å². The van der Waals surface area contributed by atoms with E-state index in [0.29, 0.717) is 39.0 Å². The van der Waals surface area contributed by atoms with Gasteiger partial charge >= 0.3 is 5.97 Å². The van der Waals surface area contributed by atoms with Gasteiger partial charge in [-0.25, -0.2) is 5.01 Å². The Morgan fingerprint density at radius 2 is 1.76 bits per heavy atom. The van der Waals surface area contributed by atoms with Crippen molar-refractivity contribution in [2.75, 3.05) is 33.4 Å². The number of likely N-dealkylation sites (tertiary alicyclic amines) is 1. The zero-order chi connectivity index (χ0) is 24.1. The highest BCUT2D eigenvalue weighted by Crippen LogP contribution is 2.35. The van der Waals surface area contributed by atoms with E-state index in [-0.39, 0.29) is 30.4 Å². The standard InChI is InChI=1S/C27H33N3O4/c1-4-34-27(32)21-13-15-29(16-14-21)18-26(31)30-24(20-11-9-19(2)10-12-20)17-23(28-30)22-7-5-6-8-25(22)33-3/h5-12,21,24H,4,13-18H2,1-3H3. The minimum atomic E-state index is -0.162. The Bertz CT molecular complexity index is 1040. The van der Waals surface area contributed by atoms with Crippen molar-refractivity contribution >= 4 is 17.6 Å². The summed E-state index contributed by atoms with van der Waals surface area (Å²) in [6.45, 7) is 5.95. The van der Waals surface area contributed by atoms with Gasteiger partial charge in [0.25, 0.3) is 5.91 Å². The summed E-state index contributed by atoms with van der Waals surface area (Å²) in [5, 5.41) is 6.44. The number of amides is 1. The second-order valence-electron chi connectivity index (χ2n) is 8.92. The maximum absolute atomic E-state index is 13.5. The molecule has 7 heteroatoms. The number of hydrazone groups is 1. The summed E-state index contributed by atoms with van der Waals surface area (Å²) in [5.41, 5.74) is 3.99. The number of hydrogen-bond donors (Lipinski definition) is 0. The van der Waals surface area contributed by atoms with Crippen molar-refractivity contribution in [3.05, 3.63) is 65.2 Å². The van der Waals surface area contributed by atoms with Crippen molar-refractivity contribution in [2.24, 2.45) is 11.0 Å². The number of para-hydroxylation sites is 1. The number of methoxy groups -OCH3 is 1. The van der Waals surface area contributed by atoms with Crippen LogP contribution in [0.5, 0.6) is 5.75 Å². The number of ether oxygens (including phenoxy) is 2. The average Bonchev–Trinajstić information content (AvgIpc) is 3.30. The first-order valence-corrected chi connectivity index (χ1v) is 12.0. The maximum Gasteiger partial charge on any atom is 0.309 e. The lowest BCUT2D eigenvalue weighted by molar-refractivity contribution is -0.149. The molecule has 0 saturated carbocycles. The first-order valence-electron chi connectivity index (χ1n) is 12.0. The topological polar surface area (TPSA) is 71.4 Å². The highest BCUT2D eigenvalue weighted by atomic mass is 16.5. The van der Waals surface area contributed by atoms with E-state index < -0.39 is 0 Å². The molecule has 0 aliphatic carbocycles. The van der Waals surface area contributed by atoms with Gasteiger partial charge in [0.15, 0.2) is 0 Å². The largest absolute Gasteiger partial charge is 0.496 e. The van der Waals surface area contributed by atoms with Gasteiger partial charge < -0.3 is 9.47 Å². The molecule has 2 aliphatic rings. The van der Waals surface area contributed by atoms with Gasteiger partial charge in [0.1, 0.15) is 5.75 Å². The number of carbonyl (C=O) groups is 2. The molecule has 4 rings (SSSR count). The normalized spacial score (nSPS) is 19.1. The molecule has 0 aromatic heterocycles. The molecule has 2 heterocycles. The summed E-state index contributed by atoms with van der Waals surface area (Å²) in [6.07, 6.45) is 2.05. The predicted molar refractivity (Wildman–Crippen MR) is 131 cm³/mol. The van der Waals surface area contributed by atoms with E-state index in [0.717, 1.165) is 22.6 Å². The summed E-state index contributed by atoms with van der Waals surface area (Å²) < 4.78 is 10.7. The lowest BCUT2D eigenvalue weighted by Crippen LogP contribution is -2.43. The highest BCUT2D eigenvalue weighted by molar-refractivity contribution is 6.05. The van der Waals surface area contributed by atoms with Crippen LogP contribution >= 0.6 is 0 Å². The van der Waals surface area contributed by atoms with E-state index in [4.69, 9.17) is 14.6 Å². The first kappa shape index (κ1) is 24.0. The average molecular weight is 464 g/mol. The van der Waals surface area contributed by atoms with Crippen LogP contribution in [0, 0.1) is 12.8 Å². The fraction of sp³-hybridized carbons (Fsp3) is 0.444. The molecule has 1 unspecified atom stereocenters. The molecule has 1 fully saturated rings. The van der Waals surface area contributed by atoms with E-state index in [1.165, 1.54) is 5.56 Å². The van der Waals surface area contributed by atoms with E-state index in [1.54, 1.807) is 12.1 Å². The molecule has 2 aromatic carbocycles. The van der Waals surface area contributed by atoms with Crippen LogP contribution < -0.4 is 4.74 Å². The summed E-state index contributed by atoms with van der Waals surface area (Å²) in [6, 6.07) is 15.9. The molecule has 34 heavy (non-hydrogen) atoms. The number of benzene rings is 2. The molecule has 180 valence electrons. The van der Waals surface area contributed by atoms with E-state index in [1.807, 2.05) is 31.2 Å². The molecule has 2 aromatic rings. The molecular weight excluding hydrogens is 430 g/mol. The third kappa shape index (κ3) is 5.30. The smallest absolute Gasteiger partial charge is 0.309 e. The molecule has 0 N–H and O–H groups in total. The van der Waals surface area contributed by atoms with Crippen molar-refractivity contribution in [3.63, 3.8) is 0 Å². The summed E-state index contributed by atoms with van der Waals surface area (Å²) in [7, 11) is 1.65. The highest BCUT2D eigenvalue weighted by Gasteiger charge is 2.35. The van der Waals surface area contributed by atoms with Gasteiger partial charge in [-0.15, -0.1) is 0 Å². The Balaban J connectivity index is 1.51. The van der Waals surface area contributed by atoms with Crippen LogP contribution in [0.4, 0.5) is 0 Å². The number of rotatable bonds is 7. The Labute approximate surface area is 201 Å². The molecule has 2 aliphatic heterocycles. The SMILES string of the molecule is CCOC(=O)C1CCN(CC(=O)N2N=C(c3ccccc3OC)CC2c2ccc(C)cc2)CC1. The van der Waals surface area contributed by atoms with Crippen LogP contribution in [-0.4, -0.2) is 60.8 Å². The third-order valence-corrected chi connectivity index (χ3v) is 6.61. The molecule has 0 bridgehead atoms. The summed E-state index contributed by atoms with van der Waals surface area (Å²) in [5.74, 6) is 0.511. The zero-order valence-corrected chi connectivity index (χ0v) is 20.2. The Morgan fingerprint density at radius 1 is 1.06 bits per heavy atom. The predicted octanol–water partition coefficient (Wildman–Crippen LogP) is 3.96. The van der Waals surface area contributed by atoms with Crippen molar-refractivity contribution < 1.29 is 19.1 Å². The lowest BCUT2D eigenvalue weighted by Gasteiger charge is -2.32. The Kier molecular flexibility index (Phi) is 7.63. The van der Waals surface area contributed by atoms with Gasteiger partial charge in [-0.2, -0.15) is 5.10 Å². The fourth-order valence-electron chi connectivity index (χ4n) is 4.68. The number of esters is 1. The first-order chi connectivity index (χ1) is 16.5. The number of aryl methyl sites for hydroxylation is 1. The Morgan fingerprint density at radius 3 is 2.44 bits per heavy atom. The van der Waals surface area contributed by atoms with Crippen molar-refractivity contribution in [2.45, 2.75) is 39.2 Å². The minimum absolute atomic E-state index is 0.0370. The van der Waals surface area contributed by atoms with Crippen LogP contribution in [0.3, 0.4) is 0 Å². The quantitative estimate of drug-likeness (QED) is 0.582. The van der Waals surface area contributed by atoms with E-state index in [9.17, 15) is 9.59 Å². The fourth-order valence-corrected chi connectivity index (χ4v) is 4.68. The second kappa shape index (κ2) is 10.8.